The third-order valence-corrected chi connectivity index (χ3v) is 4.82. The fourth-order valence-electron chi connectivity index (χ4n) is 3.45. The van der Waals surface area contributed by atoms with Crippen molar-refractivity contribution >= 4 is 0 Å². The number of hydrogen-bond acceptors (Lipinski definition) is 3. The normalized spacial score (nSPS) is 26.0. The van der Waals surface area contributed by atoms with Gasteiger partial charge in [-0.15, -0.1) is 0 Å². The molecule has 18 heavy (non-hydrogen) atoms. The molecule has 3 heteroatoms. The lowest BCUT2D eigenvalue weighted by atomic mass is 9.94. The Hall–Kier alpha value is -0.120. The molecule has 2 heterocycles. The van der Waals surface area contributed by atoms with Crippen LogP contribution in [-0.4, -0.2) is 75.1 Å². The molecule has 0 atom stereocenters. The summed E-state index contributed by atoms with van der Waals surface area (Å²) in [5.74, 6) is 1.88. The molecular weight excluding hydrogens is 222 g/mol. The van der Waals surface area contributed by atoms with Crippen LogP contribution in [0.3, 0.4) is 0 Å². The fourth-order valence-corrected chi connectivity index (χ4v) is 3.45. The maximum Gasteiger partial charge on any atom is 0.000767 e. The Morgan fingerprint density at radius 1 is 0.778 bits per heavy atom. The van der Waals surface area contributed by atoms with Crippen molar-refractivity contribution in [2.45, 2.75) is 25.7 Å². The van der Waals surface area contributed by atoms with Crippen molar-refractivity contribution in [2.24, 2.45) is 11.8 Å². The van der Waals surface area contributed by atoms with Gasteiger partial charge in [-0.3, -0.25) is 0 Å². The van der Waals surface area contributed by atoms with E-state index in [1.165, 1.54) is 65.0 Å². The van der Waals surface area contributed by atoms with Crippen molar-refractivity contribution in [1.29, 1.82) is 0 Å². The van der Waals surface area contributed by atoms with Gasteiger partial charge in [0.15, 0.2) is 0 Å². The molecule has 0 aliphatic carbocycles. The average Bonchev–Trinajstić information content (AvgIpc) is 2.35. The maximum atomic E-state index is 2.60. The van der Waals surface area contributed by atoms with Gasteiger partial charge in [-0.25, -0.2) is 0 Å². The van der Waals surface area contributed by atoms with Gasteiger partial charge >= 0.3 is 0 Å². The standard InChI is InChI=1S/C15H31N3/c1-16-8-4-14(5-9-16)12-18(3)13-15-6-10-17(2)11-7-15/h14-15H,4-13H2,1-3H3. The number of hydrogen-bond donors (Lipinski definition) is 0. The van der Waals surface area contributed by atoms with E-state index < -0.39 is 0 Å². The fraction of sp³-hybridized carbons (Fsp3) is 1.00. The Morgan fingerprint density at radius 2 is 1.11 bits per heavy atom. The molecule has 0 spiro atoms. The van der Waals surface area contributed by atoms with E-state index >= 15 is 0 Å². The Kier molecular flexibility index (Phi) is 5.46. The molecule has 0 aromatic rings. The molecule has 3 nitrogen and oxygen atoms in total. The van der Waals surface area contributed by atoms with Crippen molar-refractivity contribution in [1.82, 2.24) is 14.7 Å². The van der Waals surface area contributed by atoms with Gasteiger partial charge < -0.3 is 14.7 Å². The SMILES string of the molecule is CN1CCC(CN(C)CC2CCN(C)CC2)CC1. The van der Waals surface area contributed by atoms with Crippen LogP contribution in [0.5, 0.6) is 0 Å². The Bertz CT molecular complexity index is 204. The molecule has 0 saturated carbocycles. The molecule has 2 aliphatic rings. The van der Waals surface area contributed by atoms with Crippen molar-refractivity contribution in [3.05, 3.63) is 0 Å². The molecule has 0 aromatic carbocycles. The van der Waals surface area contributed by atoms with Crippen molar-refractivity contribution in [3.63, 3.8) is 0 Å². The van der Waals surface area contributed by atoms with E-state index in [0.29, 0.717) is 0 Å². The monoisotopic (exact) mass is 253 g/mol. The zero-order chi connectivity index (χ0) is 13.0. The molecule has 0 amide bonds. The summed E-state index contributed by atoms with van der Waals surface area (Å²) in [5.41, 5.74) is 0. The lowest BCUT2D eigenvalue weighted by molar-refractivity contribution is 0.141. The highest BCUT2D eigenvalue weighted by atomic mass is 15.1. The minimum Gasteiger partial charge on any atom is -0.306 e. The topological polar surface area (TPSA) is 9.72 Å². The van der Waals surface area contributed by atoms with Crippen LogP contribution in [-0.2, 0) is 0 Å². The molecule has 2 saturated heterocycles. The predicted molar refractivity (Wildman–Crippen MR) is 77.9 cm³/mol. The third-order valence-electron chi connectivity index (χ3n) is 4.82. The second-order valence-corrected chi connectivity index (χ2v) is 6.71. The molecule has 0 unspecified atom stereocenters. The number of nitrogens with zero attached hydrogens (tertiary/aromatic N) is 3. The summed E-state index contributed by atoms with van der Waals surface area (Å²) in [4.78, 5) is 7.53. The van der Waals surface area contributed by atoms with E-state index in [1.807, 2.05) is 0 Å². The summed E-state index contributed by atoms with van der Waals surface area (Å²) in [6.45, 7) is 7.83. The Balaban J connectivity index is 1.64. The van der Waals surface area contributed by atoms with E-state index in [4.69, 9.17) is 0 Å². The minimum atomic E-state index is 0.942. The average molecular weight is 253 g/mol. The lowest BCUT2D eigenvalue weighted by Gasteiger charge is -2.35. The molecule has 106 valence electrons. The van der Waals surface area contributed by atoms with Crippen molar-refractivity contribution in [2.75, 3.05) is 60.4 Å². The van der Waals surface area contributed by atoms with E-state index in [-0.39, 0.29) is 0 Å². The quantitative estimate of drug-likeness (QED) is 0.753. The molecule has 2 aliphatic heterocycles. The van der Waals surface area contributed by atoms with Crippen LogP contribution in [0.15, 0.2) is 0 Å². The predicted octanol–water partition coefficient (Wildman–Crippen LogP) is 1.60. The van der Waals surface area contributed by atoms with Gasteiger partial charge in [-0.2, -0.15) is 0 Å². The lowest BCUT2D eigenvalue weighted by Crippen LogP contribution is -2.39. The van der Waals surface area contributed by atoms with E-state index in [1.54, 1.807) is 0 Å². The van der Waals surface area contributed by atoms with Gasteiger partial charge in [0.25, 0.3) is 0 Å². The van der Waals surface area contributed by atoms with Gasteiger partial charge in [0.2, 0.25) is 0 Å². The number of rotatable bonds is 4. The van der Waals surface area contributed by atoms with Gasteiger partial charge in [0.1, 0.15) is 0 Å². The third kappa shape index (κ3) is 4.52. The van der Waals surface area contributed by atoms with Gasteiger partial charge in [0.05, 0.1) is 0 Å². The largest absolute Gasteiger partial charge is 0.306 e. The van der Waals surface area contributed by atoms with Crippen LogP contribution in [0.2, 0.25) is 0 Å². The van der Waals surface area contributed by atoms with Gasteiger partial charge in [-0.1, -0.05) is 0 Å². The highest BCUT2D eigenvalue weighted by molar-refractivity contribution is 4.76. The number of piperidine rings is 2. The van der Waals surface area contributed by atoms with Crippen LogP contribution in [0.4, 0.5) is 0 Å². The van der Waals surface area contributed by atoms with Crippen LogP contribution in [0.1, 0.15) is 25.7 Å². The molecule has 0 aromatic heterocycles. The molecule has 0 bridgehead atoms. The van der Waals surface area contributed by atoms with E-state index in [9.17, 15) is 0 Å². The molecular formula is C15H31N3. The van der Waals surface area contributed by atoms with Crippen molar-refractivity contribution < 1.29 is 0 Å². The Morgan fingerprint density at radius 3 is 1.44 bits per heavy atom. The van der Waals surface area contributed by atoms with Gasteiger partial charge in [-0.05, 0) is 84.8 Å². The van der Waals surface area contributed by atoms with E-state index in [0.717, 1.165) is 11.8 Å². The zero-order valence-electron chi connectivity index (χ0n) is 12.6. The maximum absolute atomic E-state index is 2.60. The van der Waals surface area contributed by atoms with Crippen LogP contribution < -0.4 is 0 Å². The molecule has 0 radical (unpaired) electrons. The summed E-state index contributed by atoms with van der Waals surface area (Å²) in [7, 11) is 6.83. The molecule has 2 rings (SSSR count). The first-order chi connectivity index (χ1) is 8.63. The van der Waals surface area contributed by atoms with Crippen LogP contribution in [0.25, 0.3) is 0 Å². The van der Waals surface area contributed by atoms with E-state index in [2.05, 4.69) is 35.8 Å². The summed E-state index contributed by atoms with van der Waals surface area (Å²) < 4.78 is 0. The second kappa shape index (κ2) is 6.88. The van der Waals surface area contributed by atoms with Crippen LogP contribution in [0, 0.1) is 11.8 Å². The summed E-state index contributed by atoms with van der Waals surface area (Å²) in [5, 5.41) is 0. The molecule has 0 N–H and O–H groups in total. The highest BCUT2D eigenvalue weighted by Crippen LogP contribution is 2.20. The summed E-state index contributed by atoms with van der Waals surface area (Å²) >= 11 is 0. The summed E-state index contributed by atoms with van der Waals surface area (Å²) in [6, 6.07) is 0. The van der Waals surface area contributed by atoms with Crippen LogP contribution >= 0.6 is 0 Å². The van der Waals surface area contributed by atoms with Gasteiger partial charge in [0, 0.05) is 13.1 Å². The van der Waals surface area contributed by atoms with Crippen molar-refractivity contribution in [3.8, 4) is 0 Å². The minimum absolute atomic E-state index is 0.942. The number of likely N-dealkylation sites (tertiary alicyclic amines) is 2. The second-order valence-electron chi connectivity index (χ2n) is 6.71. The first-order valence-electron chi connectivity index (χ1n) is 7.69. The first kappa shape index (κ1) is 14.3. The zero-order valence-corrected chi connectivity index (χ0v) is 12.6. The smallest absolute Gasteiger partial charge is 0.000767 e. The first-order valence-corrected chi connectivity index (χ1v) is 7.69. The molecule has 2 fully saturated rings. The Labute approximate surface area is 113 Å². The summed E-state index contributed by atoms with van der Waals surface area (Å²) in [6.07, 6.45) is 5.59. The highest BCUT2D eigenvalue weighted by Gasteiger charge is 2.21.